The lowest BCUT2D eigenvalue weighted by molar-refractivity contribution is -0.143. The maximum absolute atomic E-state index is 12.4. The van der Waals surface area contributed by atoms with Gasteiger partial charge in [0, 0.05) is 19.0 Å². The fourth-order valence-electron chi connectivity index (χ4n) is 9.01. The molecule has 0 aromatic heterocycles. The van der Waals surface area contributed by atoms with Gasteiger partial charge in [-0.05, 0) is 19.3 Å². The van der Waals surface area contributed by atoms with E-state index < -0.39 is 0 Å². The molecular formula is C55H112ClNO2. The Kier molecular flexibility index (Phi) is 57.4. The van der Waals surface area contributed by atoms with Crippen LogP contribution in [0.3, 0.4) is 0 Å². The van der Waals surface area contributed by atoms with Gasteiger partial charge in [-0.3, -0.25) is 4.79 Å². The standard InChI is InChI=1S/C55H111NO2.ClH/c1-4-7-10-13-16-19-21-23-25-27-29-31-33-35-38-40-43-46-49-54(56-52-53-58-55(57)51-48-45-42-37-18-15-12-9-6-3)50-47-44-41-39-36-34-32-30-28-26-24-22-20-17-14-11-8-5-2;/h54,56H,4-53H2,1-3H3;1H. The van der Waals surface area contributed by atoms with Crippen LogP contribution >= 0.6 is 12.4 Å². The van der Waals surface area contributed by atoms with Gasteiger partial charge in [-0.1, -0.05) is 303 Å². The summed E-state index contributed by atoms with van der Waals surface area (Å²) < 4.78 is 5.65. The summed E-state index contributed by atoms with van der Waals surface area (Å²) in [7, 11) is 0. The number of halogens is 1. The highest BCUT2D eigenvalue weighted by Crippen LogP contribution is 2.18. The molecule has 0 aliphatic heterocycles. The van der Waals surface area contributed by atoms with E-state index in [0.717, 1.165) is 13.0 Å². The summed E-state index contributed by atoms with van der Waals surface area (Å²) in [5.74, 6) is 0.00768. The van der Waals surface area contributed by atoms with Gasteiger partial charge < -0.3 is 10.1 Å². The van der Waals surface area contributed by atoms with Crippen molar-refractivity contribution in [2.75, 3.05) is 13.2 Å². The minimum absolute atomic E-state index is 0. The number of esters is 1. The van der Waals surface area contributed by atoms with Crippen LogP contribution in [-0.4, -0.2) is 25.2 Å². The van der Waals surface area contributed by atoms with Crippen LogP contribution in [0.25, 0.3) is 0 Å². The van der Waals surface area contributed by atoms with Gasteiger partial charge in [-0.15, -0.1) is 12.4 Å². The van der Waals surface area contributed by atoms with Crippen LogP contribution in [0.15, 0.2) is 0 Å². The first-order valence-electron chi connectivity index (χ1n) is 27.6. The third-order valence-electron chi connectivity index (χ3n) is 13.1. The summed E-state index contributed by atoms with van der Waals surface area (Å²) >= 11 is 0. The molecular weight excluding hydrogens is 742 g/mol. The third kappa shape index (κ3) is 53.8. The van der Waals surface area contributed by atoms with E-state index in [1.54, 1.807) is 0 Å². The Labute approximate surface area is 379 Å². The fraction of sp³-hybridized carbons (Fsp3) is 0.982. The quantitative estimate of drug-likeness (QED) is 0.0489. The van der Waals surface area contributed by atoms with Crippen molar-refractivity contribution in [1.82, 2.24) is 5.32 Å². The van der Waals surface area contributed by atoms with Crippen LogP contribution in [0.4, 0.5) is 0 Å². The molecule has 356 valence electrons. The van der Waals surface area contributed by atoms with Crippen molar-refractivity contribution in [2.45, 2.75) is 335 Å². The predicted octanol–water partition coefficient (Wildman–Crippen LogP) is 19.7. The summed E-state index contributed by atoms with van der Waals surface area (Å²) in [6, 6.07) is 0.582. The molecule has 0 spiro atoms. The van der Waals surface area contributed by atoms with Gasteiger partial charge in [0.1, 0.15) is 6.61 Å². The number of unbranched alkanes of at least 4 members (excludes halogenated alkanes) is 42. The van der Waals surface area contributed by atoms with Crippen LogP contribution in [0.5, 0.6) is 0 Å². The minimum Gasteiger partial charge on any atom is -0.464 e. The zero-order chi connectivity index (χ0) is 41.9. The monoisotopic (exact) mass is 854 g/mol. The van der Waals surface area contributed by atoms with Crippen LogP contribution in [0.1, 0.15) is 329 Å². The predicted molar refractivity (Wildman–Crippen MR) is 269 cm³/mol. The van der Waals surface area contributed by atoms with Gasteiger partial charge in [0.05, 0.1) is 0 Å². The van der Waals surface area contributed by atoms with Crippen molar-refractivity contribution in [3.05, 3.63) is 0 Å². The maximum Gasteiger partial charge on any atom is 0.305 e. The molecule has 0 aromatic carbocycles. The SMILES string of the molecule is CCCCCCCCCCCCCCCCCCCCC(CCCCCCCCCCCCCCCCCCCC)NCCOC(=O)CCCCCCCCCCC.Cl. The maximum atomic E-state index is 12.4. The largest absolute Gasteiger partial charge is 0.464 e. The highest BCUT2D eigenvalue weighted by molar-refractivity contribution is 5.85. The summed E-state index contributed by atoms with van der Waals surface area (Å²) in [4.78, 5) is 12.4. The fourth-order valence-corrected chi connectivity index (χ4v) is 9.01. The van der Waals surface area contributed by atoms with E-state index in [1.807, 2.05) is 0 Å². The van der Waals surface area contributed by atoms with Gasteiger partial charge in [0.25, 0.3) is 0 Å². The summed E-state index contributed by atoms with van der Waals surface area (Å²) in [6.45, 7) is 8.24. The molecule has 0 atom stereocenters. The Hall–Kier alpha value is -0.280. The molecule has 59 heavy (non-hydrogen) atoms. The van der Waals surface area contributed by atoms with E-state index in [0.29, 0.717) is 19.1 Å². The van der Waals surface area contributed by atoms with E-state index in [4.69, 9.17) is 4.74 Å². The summed E-state index contributed by atoms with van der Waals surface area (Å²) in [5, 5.41) is 3.82. The Morgan fingerprint density at radius 1 is 0.339 bits per heavy atom. The number of hydrogen-bond donors (Lipinski definition) is 1. The van der Waals surface area contributed by atoms with Crippen molar-refractivity contribution >= 4 is 18.4 Å². The van der Waals surface area contributed by atoms with Crippen LogP contribution in [-0.2, 0) is 9.53 Å². The average molecular weight is 855 g/mol. The lowest BCUT2D eigenvalue weighted by atomic mass is 9.99. The van der Waals surface area contributed by atoms with Gasteiger partial charge in [-0.2, -0.15) is 0 Å². The lowest BCUT2D eigenvalue weighted by Gasteiger charge is -2.19. The first-order valence-corrected chi connectivity index (χ1v) is 27.6. The van der Waals surface area contributed by atoms with Crippen molar-refractivity contribution in [3.8, 4) is 0 Å². The smallest absolute Gasteiger partial charge is 0.305 e. The number of rotatable bonds is 52. The molecule has 0 saturated heterocycles. The number of carbonyl (C=O) groups is 1. The van der Waals surface area contributed by atoms with Crippen molar-refractivity contribution in [1.29, 1.82) is 0 Å². The van der Waals surface area contributed by atoms with Crippen molar-refractivity contribution in [3.63, 3.8) is 0 Å². The molecule has 4 heteroatoms. The molecule has 0 radical (unpaired) electrons. The molecule has 0 amide bonds. The molecule has 1 N–H and O–H groups in total. The lowest BCUT2D eigenvalue weighted by Crippen LogP contribution is -2.32. The third-order valence-corrected chi connectivity index (χ3v) is 13.1. The van der Waals surface area contributed by atoms with Gasteiger partial charge in [0.2, 0.25) is 0 Å². The second-order valence-electron chi connectivity index (χ2n) is 19.0. The van der Waals surface area contributed by atoms with Crippen LogP contribution < -0.4 is 5.32 Å². The molecule has 0 bridgehead atoms. The molecule has 0 aliphatic carbocycles. The highest BCUT2D eigenvalue weighted by Gasteiger charge is 2.09. The minimum atomic E-state index is 0. The second kappa shape index (κ2) is 55.7. The zero-order valence-electron chi connectivity index (χ0n) is 41.2. The van der Waals surface area contributed by atoms with Crippen LogP contribution in [0.2, 0.25) is 0 Å². The second-order valence-corrected chi connectivity index (χ2v) is 19.0. The van der Waals surface area contributed by atoms with Crippen molar-refractivity contribution < 1.29 is 9.53 Å². The van der Waals surface area contributed by atoms with E-state index in [1.165, 1.54) is 295 Å². The first kappa shape index (κ1) is 60.8. The van der Waals surface area contributed by atoms with Gasteiger partial charge in [-0.25, -0.2) is 0 Å². The molecule has 0 saturated carbocycles. The Bertz CT molecular complexity index is 707. The van der Waals surface area contributed by atoms with Crippen LogP contribution in [0, 0.1) is 0 Å². The number of carbonyl (C=O) groups excluding carboxylic acids is 1. The molecule has 0 fully saturated rings. The Morgan fingerprint density at radius 2 is 0.559 bits per heavy atom. The van der Waals surface area contributed by atoms with E-state index in [-0.39, 0.29) is 18.4 Å². The van der Waals surface area contributed by atoms with E-state index in [2.05, 4.69) is 26.1 Å². The molecule has 0 aromatic rings. The summed E-state index contributed by atoms with van der Waals surface area (Å²) in [6.07, 6.45) is 66.4. The van der Waals surface area contributed by atoms with E-state index in [9.17, 15) is 4.79 Å². The Morgan fingerprint density at radius 3 is 0.814 bits per heavy atom. The molecule has 0 unspecified atom stereocenters. The molecule has 0 heterocycles. The van der Waals surface area contributed by atoms with Gasteiger partial charge >= 0.3 is 5.97 Å². The number of hydrogen-bond acceptors (Lipinski definition) is 3. The number of nitrogens with one attached hydrogen (secondary N) is 1. The topological polar surface area (TPSA) is 38.3 Å². The van der Waals surface area contributed by atoms with Crippen molar-refractivity contribution in [2.24, 2.45) is 0 Å². The first-order chi connectivity index (χ1) is 28.7. The Balaban J connectivity index is 0. The average Bonchev–Trinajstić information content (AvgIpc) is 3.23. The number of ether oxygens (including phenoxy) is 1. The summed E-state index contributed by atoms with van der Waals surface area (Å²) in [5.41, 5.74) is 0. The molecule has 0 rings (SSSR count). The highest BCUT2D eigenvalue weighted by atomic mass is 35.5. The molecule has 0 aliphatic rings. The molecule has 3 nitrogen and oxygen atoms in total. The zero-order valence-corrected chi connectivity index (χ0v) is 42.0. The van der Waals surface area contributed by atoms with Gasteiger partial charge in [0.15, 0.2) is 0 Å². The van der Waals surface area contributed by atoms with E-state index >= 15 is 0 Å². The normalized spacial score (nSPS) is 11.5.